The molecule has 1 heterocycles. The summed E-state index contributed by atoms with van der Waals surface area (Å²) in [4.78, 5) is 1.25. The molecule has 0 amide bonds. The maximum atomic E-state index is 10.1. The van der Waals surface area contributed by atoms with Gasteiger partial charge in [0.2, 0.25) is 0 Å². The quantitative estimate of drug-likeness (QED) is 0.907. The molecule has 0 saturated carbocycles. The lowest BCUT2D eigenvalue weighted by atomic mass is 9.87. The van der Waals surface area contributed by atoms with E-state index in [2.05, 4.69) is 17.4 Å². The van der Waals surface area contributed by atoms with Crippen LogP contribution in [0.5, 0.6) is 5.75 Å². The average molecular weight is 301 g/mol. The van der Waals surface area contributed by atoms with Crippen molar-refractivity contribution >= 4 is 17.4 Å². The van der Waals surface area contributed by atoms with Crippen LogP contribution in [0.2, 0.25) is 0 Å². The van der Waals surface area contributed by atoms with Crippen LogP contribution < -0.4 is 10.1 Å². The van der Waals surface area contributed by atoms with E-state index in [1.807, 2.05) is 48.2 Å². The van der Waals surface area contributed by atoms with Gasteiger partial charge in [-0.15, -0.1) is 11.8 Å². The molecule has 0 bridgehead atoms. The highest BCUT2D eigenvalue weighted by Crippen LogP contribution is 2.42. The number of benzene rings is 2. The van der Waals surface area contributed by atoms with E-state index < -0.39 is 5.54 Å². The van der Waals surface area contributed by atoms with Gasteiger partial charge in [-0.05, 0) is 42.3 Å². The van der Waals surface area contributed by atoms with E-state index in [1.54, 1.807) is 7.11 Å². The first kappa shape index (κ1) is 14.3. The van der Waals surface area contributed by atoms with E-state index in [9.17, 15) is 5.11 Å². The summed E-state index contributed by atoms with van der Waals surface area (Å²) in [5.41, 5.74) is 1.77. The van der Waals surface area contributed by atoms with Gasteiger partial charge in [0.1, 0.15) is 5.75 Å². The van der Waals surface area contributed by atoms with Gasteiger partial charge >= 0.3 is 0 Å². The van der Waals surface area contributed by atoms with Crippen LogP contribution in [0.3, 0.4) is 0 Å². The number of fused-ring (bicyclic) bond motifs is 1. The van der Waals surface area contributed by atoms with Crippen LogP contribution in [0.25, 0.3) is 0 Å². The van der Waals surface area contributed by atoms with Crippen LogP contribution in [0, 0.1) is 0 Å². The largest absolute Gasteiger partial charge is 0.497 e. The zero-order valence-corrected chi connectivity index (χ0v) is 12.8. The minimum absolute atomic E-state index is 0.0800. The molecule has 2 N–H and O–H groups in total. The number of aliphatic hydroxyl groups is 1. The molecule has 3 rings (SSSR count). The summed E-state index contributed by atoms with van der Waals surface area (Å²) in [6, 6.07) is 16.1. The first-order chi connectivity index (χ1) is 10.3. The monoisotopic (exact) mass is 301 g/mol. The Balaban J connectivity index is 1.94. The SMILES string of the molecule is COc1ccc(NC2(CO)CCSc3ccccc32)cc1. The Hall–Kier alpha value is -1.65. The summed E-state index contributed by atoms with van der Waals surface area (Å²) in [6.45, 7) is 0.0800. The average Bonchev–Trinajstić information content (AvgIpc) is 2.56. The Bertz CT molecular complexity index is 614. The normalized spacial score (nSPS) is 20.7. The van der Waals surface area contributed by atoms with Crippen molar-refractivity contribution in [3.05, 3.63) is 54.1 Å². The van der Waals surface area contributed by atoms with Gasteiger partial charge in [0, 0.05) is 16.3 Å². The van der Waals surface area contributed by atoms with Crippen molar-refractivity contribution in [2.75, 3.05) is 24.8 Å². The van der Waals surface area contributed by atoms with Gasteiger partial charge in [-0.25, -0.2) is 0 Å². The third-order valence-corrected chi connectivity index (χ3v) is 5.01. The lowest BCUT2D eigenvalue weighted by Gasteiger charge is -2.39. The molecule has 4 heteroatoms. The highest BCUT2D eigenvalue weighted by molar-refractivity contribution is 7.99. The van der Waals surface area contributed by atoms with Crippen LogP contribution in [0.4, 0.5) is 5.69 Å². The molecule has 0 aliphatic carbocycles. The molecular weight excluding hydrogens is 282 g/mol. The van der Waals surface area contributed by atoms with Gasteiger partial charge in [0.25, 0.3) is 0 Å². The Morgan fingerprint density at radius 2 is 1.95 bits per heavy atom. The number of methoxy groups -OCH3 is 1. The van der Waals surface area contributed by atoms with Crippen molar-refractivity contribution < 1.29 is 9.84 Å². The molecule has 0 spiro atoms. The topological polar surface area (TPSA) is 41.5 Å². The summed E-state index contributed by atoms with van der Waals surface area (Å²) in [5.74, 6) is 1.83. The van der Waals surface area contributed by atoms with E-state index in [0.29, 0.717) is 0 Å². The Morgan fingerprint density at radius 1 is 1.19 bits per heavy atom. The third kappa shape index (κ3) is 2.74. The second-order valence-corrected chi connectivity index (χ2v) is 6.33. The zero-order chi connectivity index (χ0) is 14.7. The molecule has 0 saturated heterocycles. The summed E-state index contributed by atoms with van der Waals surface area (Å²) < 4.78 is 5.19. The molecule has 3 nitrogen and oxygen atoms in total. The minimum atomic E-state index is -0.406. The third-order valence-electron chi connectivity index (χ3n) is 3.93. The lowest BCUT2D eigenvalue weighted by Crippen LogP contribution is -2.42. The summed E-state index contributed by atoms with van der Waals surface area (Å²) >= 11 is 1.85. The number of rotatable bonds is 4. The van der Waals surface area contributed by atoms with Crippen LogP contribution >= 0.6 is 11.8 Å². The number of nitrogens with one attached hydrogen (secondary N) is 1. The smallest absolute Gasteiger partial charge is 0.119 e. The molecule has 0 radical (unpaired) electrons. The van der Waals surface area contributed by atoms with Gasteiger partial charge in [-0.2, -0.15) is 0 Å². The molecule has 21 heavy (non-hydrogen) atoms. The molecule has 1 unspecified atom stereocenters. The van der Waals surface area contributed by atoms with Gasteiger partial charge in [0.15, 0.2) is 0 Å². The fourth-order valence-corrected chi connectivity index (χ4v) is 4.01. The fourth-order valence-electron chi connectivity index (χ4n) is 2.74. The summed E-state index contributed by atoms with van der Waals surface area (Å²) in [6.07, 6.45) is 0.900. The predicted octanol–water partition coefficient (Wildman–Crippen LogP) is 3.49. The molecule has 1 atom stereocenters. The van der Waals surface area contributed by atoms with Crippen molar-refractivity contribution in [3.8, 4) is 5.75 Å². The summed E-state index contributed by atoms with van der Waals surface area (Å²) in [5, 5.41) is 13.6. The number of aliphatic hydroxyl groups excluding tert-OH is 1. The Labute approximate surface area is 129 Å². The first-order valence-electron chi connectivity index (χ1n) is 7.03. The maximum absolute atomic E-state index is 10.1. The van der Waals surface area contributed by atoms with Gasteiger partial charge in [-0.1, -0.05) is 18.2 Å². The van der Waals surface area contributed by atoms with Gasteiger partial charge < -0.3 is 15.2 Å². The van der Waals surface area contributed by atoms with E-state index in [-0.39, 0.29) is 6.61 Å². The van der Waals surface area contributed by atoms with Crippen molar-refractivity contribution in [2.45, 2.75) is 16.9 Å². The molecular formula is C17H19NO2S. The number of thioether (sulfide) groups is 1. The lowest BCUT2D eigenvalue weighted by molar-refractivity contribution is 0.205. The number of ether oxygens (including phenoxy) is 1. The second-order valence-electron chi connectivity index (χ2n) is 5.19. The highest BCUT2D eigenvalue weighted by Gasteiger charge is 2.36. The molecule has 2 aromatic carbocycles. The standard InChI is InChI=1S/C17H19NO2S/c1-20-14-8-6-13(7-9-14)18-17(12-19)10-11-21-16-5-3-2-4-15(16)17/h2-9,18-19H,10-12H2,1H3. The van der Waals surface area contributed by atoms with Crippen molar-refractivity contribution in [3.63, 3.8) is 0 Å². The highest BCUT2D eigenvalue weighted by atomic mass is 32.2. The van der Waals surface area contributed by atoms with Crippen LogP contribution in [-0.2, 0) is 5.54 Å². The van der Waals surface area contributed by atoms with Crippen molar-refractivity contribution in [1.29, 1.82) is 0 Å². The molecule has 1 aliphatic heterocycles. The van der Waals surface area contributed by atoms with E-state index in [0.717, 1.165) is 23.6 Å². The molecule has 0 fully saturated rings. The Kier molecular flexibility index (Phi) is 4.08. The second kappa shape index (κ2) is 6.00. The molecule has 1 aliphatic rings. The van der Waals surface area contributed by atoms with E-state index in [1.165, 1.54) is 10.5 Å². The fraction of sp³-hybridized carbons (Fsp3) is 0.294. The number of hydrogen-bond acceptors (Lipinski definition) is 4. The minimum Gasteiger partial charge on any atom is -0.497 e. The van der Waals surface area contributed by atoms with Crippen molar-refractivity contribution in [2.24, 2.45) is 0 Å². The zero-order valence-electron chi connectivity index (χ0n) is 12.0. The van der Waals surface area contributed by atoms with Crippen molar-refractivity contribution in [1.82, 2.24) is 0 Å². The molecule has 110 valence electrons. The van der Waals surface area contributed by atoms with E-state index in [4.69, 9.17) is 4.74 Å². The van der Waals surface area contributed by atoms with E-state index >= 15 is 0 Å². The van der Waals surface area contributed by atoms with Gasteiger partial charge in [0.05, 0.1) is 19.3 Å². The van der Waals surface area contributed by atoms with Crippen LogP contribution in [-0.4, -0.2) is 24.6 Å². The number of hydrogen-bond donors (Lipinski definition) is 2. The van der Waals surface area contributed by atoms with Crippen LogP contribution in [0.1, 0.15) is 12.0 Å². The molecule has 0 aromatic heterocycles. The molecule has 2 aromatic rings. The van der Waals surface area contributed by atoms with Crippen LogP contribution in [0.15, 0.2) is 53.4 Å². The predicted molar refractivity (Wildman–Crippen MR) is 87.2 cm³/mol. The summed E-state index contributed by atoms with van der Waals surface area (Å²) in [7, 11) is 1.66. The Morgan fingerprint density at radius 3 is 2.67 bits per heavy atom. The number of anilines is 1. The maximum Gasteiger partial charge on any atom is 0.119 e. The first-order valence-corrected chi connectivity index (χ1v) is 8.01. The van der Waals surface area contributed by atoms with Gasteiger partial charge in [-0.3, -0.25) is 0 Å².